The van der Waals surface area contributed by atoms with E-state index in [-0.39, 0.29) is 0 Å². The van der Waals surface area contributed by atoms with Gasteiger partial charge in [0.1, 0.15) is 0 Å². The number of nitrogens with one attached hydrogen (secondary N) is 1. The van der Waals surface area contributed by atoms with Gasteiger partial charge in [0, 0.05) is 31.2 Å². The van der Waals surface area contributed by atoms with Gasteiger partial charge < -0.3 is 5.32 Å². The average Bonchev–Trinajstić information content (AvgIpc) is 2.72. The highest BCUT2D eigenvalue weighted by Crippen LogP contribution is 2.22. The minimum Gasteiger partial charge on any atom is -0.310 e. The Morgan fingerprint density at radius 1 is 1.39 bits per heavy atom. The van der Waals surface area contributed by atoms with E-state index in [1.165, 1.54) is 35.3 Å². The molecule has 0 saturated carbocycles. The summed E-state index contributed by atoms with van der Waals surface area (Å²) in [5.74, 6) is 0. The molecule has 0 amide bonds. The van der Waals surface area contributed by atoms with Gasteiger partial charge in [-0.2, -0.15) is 0 Å². The van der Waals surface area contributed by atoms with Crippen LogP contribution in [0.1, 0.15) is 39.2 Å². The van der Waals surface area contributed by atoms with Crippen molar-refractivity contribution in [3.8, 4) is 0 Å². The van der Waals surface area contributed by atoms with Crippen LogP contribution in [-0.4, -0.2) is 29.6 Å². The molecule has 18 heavy (non-hydrogen) atoms. The van der Waals surface area contributed by atoms with Crippen molar-refractivity contribution in [2.24, 2.45) is 0 Å². The molecule has 0 bridgehead atoms. The lowest BCUT2D eigenvalue weighted by atomic mass is 9.98. The summed E-state index contributed by atoms with van der Waals surface area (Å²) < 4.78 is 1.22. The topological polar surface area (TPSA) is 15.3 Å². The second-order valence-corrected chi connectivity index (χ2v) is 8.36. The number of hydrogen-bond acceptors (Lipinski definition) is 3. The minimum atomic E-state index is 0.323. The average molecular weight is 331 g/mol. The van der Waals surface area contributed by atoms with E-state index in [0.29, 0.717) is 11.6 Å². The van der Waals surface area contributed by atoms with E-state index in [1.807, 2.05) is 0 Å². The maximum Gasteiger partial charge on any atom is 0.0701 e. The van der Waals surface area contributed by atoms with Gasteiger partial charge in [0.2, 0.25) is 0 Å². The Balaban J connectivity index is 1.74. The largest absolute Gasteiger partial charge is 0.310 e. The van der Waals surface area contributed by atoms with Crippen molar-refractivity contribution in [1.82, 2.24) is 10.2 Å². The molecular formula is C14H23BrN2S. The van der Waals surface area contributed by atoms with Crippen LogP contribution in [0.3, 0.4) is 0 Å². The summed E-state index contributed by atoms with van der Waals surface area (Å²) in [6.07, 6.45) is 2.53. The Morgan fingerprint density at radius 3 is 2.56 bits per heavy atom. The fourth-order valence-corrected chi connectivity index (χ4v) is 3.66. The highest BCUT2D eigenvalue weighted by atomic mass is 79.9. The molecule has 1 aromatic rings. The molecule has 0 radical (unpaired) electrons. The van der Waals surface area contributed by atoms with Crippen molar-refractivity contribution in [2.45, 2.75) is 51.7 Å². The predicted molar refractivity (Wildman–Crippen MR) is 83.2 cm³/mol. The lowest BCUT2D eigenvalue weighted by molar-refractivity contribution is 0.0960. The van der Waals surface area contributed by atoms with Crippen LogP contribution in [0.5, 0.6) is 0 Å². The highest BCUT2D eigenvalue weighted by molar-refractivity contribution is 9.11. The van der Waals surface area contributed by atoms with E-state index in [2.05, 4.69) is 58.4 Å². The molecule has 1 aliphatic heterocycles. The molecule has 0 aliphatic carbocycles. The number of thiophene rings is 1. The first kappa shape index (κ1) is 14.5. The molecule has 2 nitrogen and oxygen atoms in total. The Hall–Kier alpha value is 0.100. The zero-order chi connectivity index (χ0) is 13.2. The minimum absolute atomic E-state index is 0.323. The van der Waals surface area contributed by atoms with Crippen molar-refractivity contribution in [3.05, 3.63) is 20.8 Å². The van der Waals surface area contributed by atoms with Crippen LogP contribution >= 0.6 is 27.3 Å². The summed E-state index contributed by atoms with van der Waals surface area (Å²) >= 11 is 5.28. The fraction of sp³-hybridized carbons (Fsp3) is 0.714. The van der Waals surface area contributed by atoms with Gasteiger partial charge in [-0.25, -0.2) is 0 Å². The molecule has 1 aromatic heterocycles. The van der Waals surface area contributed by atoms with Gasteiger partial charge in [0.15, 0.2) is 0 Å². The van der Waals surface area contributed by atoms with E-state index in [4.69, 9.17) is 0 Å². The van der Waals surface area contributed by atoms with Gasteiger partial charge in [-0.1, -0.05) is 0 Å². The maximum atomic E-state index is 3.68. The van der Waals surface area contributed by atoms with Gasteiger partial charge in [-0.05, 0) is 66.6 Å². The highest BCUT2D eigenvalue weighted by Gasteiger charge is 2.26. The quantitative estimate of drug-likeness (QED) is 0.905. The molecule has 2 heterocycles. The molecule has 0 atom stereocenters. The van der Waals surface area contributed by atoms with Crippen LogP contribution in [0.2, 0.25) is 0 Å². The van der Waals surface area contributed by atoms with Crippen molar-refractivity contribution in [2.75, 3.05) is 13.1 Å². The first-order valence-corrected chi connectivity index (χ1v) is 8.34. The summed E-state index contributed by atoms with van der Waals surface area (Å²) in [4.78, 5) is 2.59. The Bertz CT molecular complexity index is 375. The standard InChI is InChI=1S/C14H23BrN2S/c1-14(2,3)17-6-4-12(5-7-17)16-9-11-8-13(15)18-10-11/h8,10,12,16H,4-7,9H2,1-3H3. The molecule has 1 aliphatic rings. The summed E-state index contributed by atoms with van der Waals surface area (Å²) in [5.41, 5.74) is 1.72. The molecular weight excluding hydrogens is 308 g/mol. The summed E-state index contributed by atoms with van der Waals surface area (Å²) in [7, 11) is 0. The van der Waals surface area contributed by atoms with Crippen LogP contribution < -0.4 is 5.32 Å². The van der Waals surface area contributed by atoms with Gasteiger partial charge in [-0.3, -0.25) is 4.90 Å². The van der Waals surface area contributed by atoms with Crippen molar-refractivity contribution in [1.29, 1.82) is 0 Å². The third kappa shape index (κ3) is 4.05. The molecule has 0 unspecified atom stereocenters. The van der Waals surface area contributed by atoms with E-state index in [0.717, 1.165) is 6.54 Å². The van der Waals surface area contributed by atoms with E-state index in [9.17, 15) is 0 Å². The molecule has 1 fully saturated rings. The fourth-order valence-electron chi connectivity index (χ4n) is 2.46. The number of nitrogens with zero attached hydrogens (tertiary/aromatic N) is 1. The van der Waals surface area contributed by atoms with Crippen LogP contribution in [0, 0.1) is 0 Å². The van der Waals surface area contributed by atoms with Crippen molar-refractivity contribution < 1.29 is 0 Å². The van der Waals surface area contributed by atoms with Crippen LogP contribution in [0.4, 0.5) is 0 Å². The Labute approximate surface area is 123 Å². The van der Waals surface area contributed by atoms with Crippen LogP contribution in [0.15, 0.2) is 15.2 Å². The Kier molecular flexibility index (Phi) is 4.86. The lowest BCUT2D eigenvalue weighted by Gasteiger charge is -2.41. The molecule has 4 heteroatoms. The van der Waals surface area contributed by atoms with Crippen molar-refractivity contribution >= 4 is 27.3 Å². The number of rotatable bonds is 3. The third-order valence-corrected chi connectivity index (χ3v) is 5.21. The third-order valence-electron chi connectivity index (χ3n) is 3.66. The summed E-state index contributed by atoms with van der Waals surface area (Å²) in [6, 6.07) is 2.89. The monoisotopic (exact) mass is 330 g/mol. The molecule has 1 N–H and O–H groups in total. The molecule has 0 aromatic carbocycles. The van der Waals surface area contributed by atoms with Crippen molar-refractivity contribution in [3.63, 3.8) is 0 Å². The lowest BCUT2D eigenvalue weighted by Crippen LogP contribution is -2.49. The van der Waals surface area contributed by atoms with E-state index in [1.54, 1.807) is 11.3 Å². The van der Waals surface area contributed by atoms with Gasteiger partial charge in [0.05, 0.1) is 3.79 Å². The number of likely N-dealkylation sites (tertiary alicyclic amines) is 1. The normalized spacial score (nSPS) is 19.3. The summed E-state index contributed by atoms with van der Waals surface area (Å²) in [6.45, 7) is 10.4. The van der Waals surface area contributed by atoms with Gasteiger partial charge in [0.25, 0.3) is 0 Å². The maximum absolute atomic E-state index is 3.68. The zero-order valence-electron chi connectivity index (χ0n) is 11.5. The van der Waals surface area contributed by atoms with Crippen LogP contribution in [0.25, 0.3) is 0 Å². The summed E-state index contributed by atoms with van der Waals surface area (Å²) in [5, 5.41) is 5.91. The second kappa shape index (κ2) is 6.04. The number of hydrogen-bond donors (Lipinski definition) is 1. The van der Waals surface area contributed by atoms with Gasteiger partial charge >= 0.3 is 0 Å². The Morgan fingerprint density at radius 2 is 2.06 bits per heavy atom. The zero-order valence-corrected chi connectivity index (χ0v) is 13.9. The first-order valence-electron chi connectivity index (χ1n) is 6.66. The molecule has 102 valence electrons. The van der Waals surface area contributed by atoms with E-state index >= 15 is 0 Å². The first-order chi connectivity index (χ1) is 8.45. The molecule has 2 rings (SSSR count). The SMILES string of the molecule is CC(C)(C)N1CCC(NCc2csc(Br)c2)CC1. The number of piperidine rings is 1. The molecule has 0 spiro atoms. The van der Waals surface area contributed by atoms with E-state index < -0.39 is 0 Å². The predicted octanol–water partition coefficient (Wildman–Crippen LogP) is 3.86. The van der Waals surface area contributed by atoms with Gasteiger partial charge in [-0.15, -0.1) is 11.3 Å². The smallest absolute Gasteiger partial charge is 0.0701 e. The van der Waals surface area contributed by atoms with Crippen LogP contribution in [-0.2, 0) is 6.54 Å². The number of halogens is 1. The molecule has 1 saturated heterocycles. The second-order valence-electron chi connectivity index (χ2n) is 6.07.